The third-order valence-corrected chi connectivity index (χ3v) is 5.46. The number of aromatic amines is 1. The molecular formula is C23H20Cl2F3N3O2. The van der Waals surface area contributed by atoms with Crippen molar-refractivity contribution >= 4 is 23.2 Å². The third kappa shape index (κ3) is 5.23. The van der Waals surface area contributed by atoms with E-state index in [1.165, 1.54) is 36.5 Å². The van der Waals surface area contributed by atoms with Gasteiger partial charge in [0.25, 0.3) is 11.5 Å². The van der Waals surface area contributed by atoms with Crippen LogP contribution in [0.2, 0.25) is 10.0 Å². The Morgan fingerprint density at radius 3 is 2.52 bits per heavy atom. The normalized spacial score (nSPS) is 13.8. The molecule has 0 spiro atoms. The van der Waals surface area contributed by atoms with E-state index in [4.69, 9.17) is 27.9 Å². The molecule has 0 amide bonds. The smallest absolute Gasteiger partial charge is 0.294 e. The molecule has 0 aliphatic heterocycles. The maximum atomic E-state index is 15.4. The summed E-state index contributed by atoms with van der Waals surface area (Å²) in [5.74, 6) is -4.59. The largest absolute Gasteiger partial charge is 0.449 e. The minimum absolute atomic E-state index is 0.0265. The van der Waals surface area contributed by atoms with E-state index in [1.54, 1.807) is 26.0 Å². The van der Waals surface area contributed by atoms with Gasteiger partial charge in [0.1, 0.15) is 11.4 Å². The molecule has 33 heavy (non-hydrogen) atoms. The lowest BCUT2D eigenvalue weighted by Gasteiger charge is -2.23. The molecule has 5 nitrogen and oxygen atoms in total. The van der Waals surface area contributed by atoms with Gasteiger partial charge in [-0.1, -0.05) is 36.2 Å². The number of aromatic nitrogens is 3. The molecule has 0 aliphatic rings. The summed E-state index contributed by atoms with van der Waals surface area (Å²) in [5, 5.41) is 0.239. The van der Waals surface area contributed by atoms with Gasteiger partial charge in [0, 0.05) is 23.7 Å². The lowest BCUT2D eigenvalue weighted by atomic mass is 9.92. The summed E-state index contributed by atoms with van der Waals surface area (Å²) in [6, 6.07) is 7.01. The first-order valence-corrected chi connectivity index (χ1v) is 10.7. The van der Waals surface area contributed by atoms with Crippen LogP contribution in [0.5, 0.6) is 11.5 Å². The molecule has 1 atom stereocenters. The standard InChI is InChI=1S/C23H20Cl2F3N3O2/c1-4-10-23(28,5-2)14-12-13(8-9-15(14)24)33-18-19(22(3,26)27)30-20(31-21(18)32)17-16(25)7-6-11-29-17/h4,6-12H,5H2,1-3H3,(H,30,31,32). The lowest BCUT2D eigenvalue weighted by molar-refractivity contribution is 0.0104. The average molecular weight is 498 g/mol. The van der Waals surface area contributed by atoms with Crippen molar-refractivity contribution < 1.29 is 17.9 Å². The second-order valence-corrected chi connectivity index (χ2v) is 8.09. The van der Waals surface area contributed by atoms with E-state index in [0.29, 0.717) is 6.92 Å². The topological polar surface area (TPSA) is 67.9 Å². The van der Waals surface area contributed by atoms with Crippen LogP contribution in [-0.2, 0) is 11.6 Å². The quantitative estimate of drug-likeness (QED) is 0.350. The van der Waals surface area contributed by atoms with Crippen LogP contribution in [0, 0.1) is 0 Å². The Morgan fingerprint density at radius 2 is 1.91 bits per heavy atom. The van der Waals surface area contributed by atoms with Crippen LogP contribution in [0.1, 0.15) is 38.4 Å². The molecule has 2 aromatic heterocycles. The number of alkyl halides is 3. The van der Waals surface area contributed by atoms with Gasteiger partial charge in [-0.3, -0.25) is 9.78 Å². The molecule has 174 valence electrons. The van der Waals surface area contributed by atoms with Gasteiger partial charge in [0.2, 0.25) is 5.75 Å². The minimum atomic E-state index is -3.55. The highest BCUT2D eigenvalue weighted by Crippen LogP contribution is 2.40. The average Bonchev–Trinajstić information content (AvgIpc) is 2.75. The molecule has 10 heteroatoms. The van der Waals surface area contributed by atoms with Crippen molar-refractivity contribution in [2.75, 3.05) is 0 Å². The third-order valence-electron chi connectivity index (χ3n) is 4.83. The molecule has 3 aromatic rings. The van der Waals surface area contributed by atoms with Crippen LogP contribution in [0.3, 0.4) is 0 Å². The highest BCUT2D eigenvalue weighted by Gasteiger charge is 2.35. The molecule has 0 bridgehead atoms. The molecule has 1 aromatic carbocycles. The van der Waals surface area contributed by atoms with E-state index in [-0.39, 0.29) is 39.3 Å². The number of ether oxygens (including phenoxy) is 1. The number of allylic oxidation sites excluding steroid dienone is 2. The van der Waals surface area contributed by atoms with Crippen molar-refractivity contribution in [2.24, 2.45) is 0 Å². The number of halogens is 5. The van der Waals surface area contributed by atoms with Crippen LogP contribution in [0.15, 0.2) is 53.5 Å². The summed E-state index contributed by atoms with van der Waals surface area (Å²) in [6.45, 7) is 3.87. The Labute approximate surface area is 198 Å². The maximum Gasteiger partial charge on any atom is 0.294 e. The first-order valence-electron chi connectivity index (χ1n) is 9.94. The van der Waals surface area contributed by atoms with Gasteiger partial charge in [0.15, 0.2) is 17.2 Å². The molecule has 0 saturated carbocycles. The Kier molecular flexibility index (Phi) is 7.19. The number of hydrogen-bond donors (Lipinski definition) is 1. The number of hydrogen-bond acceptors (Lipinski definition) is 4. The number of pyridine rings is 1. The van der Waals surface area contributed by atoms with Crippen molar-refractivity contribution in [1.29, 1.82) is 0 Å². The summed E-state index contributed by atoms with van der Waals surface area (Å²) < 4.78 is 49.8. The fourth-order valence-corrected chi connectivity index (χ4v) is 3.68. The Balaban J connectivity index is 2.14. The number of nitrogens with one attached hydrogen (secondary N) is 1. The van der Waals surface area contributed by atoms with Crippen molar-refractivity contribution in [3.8, 4) is 23.0 Å². The highest BCUT2D eigenvalue weighted by atomic mass is 35.5. The van der Waals surface area contributed by atoms with Gasteiger partial charge in [-0.2, -0.15) is 8.78 Å². The zero-order chi connectivity index (χ0) is 24.4. The van der Waals surface area contributed by atoms with Gasteiger partial charge in [0.05, 0.1) is 5.02 Å². The van der Waals surface area contributed by atoms with Gasteiger partial charge < -0.3 is 9.72 Å². The Morgan fingerprint density at radius 1 is 1.18 bits per heavy atom. The first kappa shape index (κ1) is 24.8. The van der Waals surface area contributed by atoms with Crippen molar-refractivity contribution in [1.82, 2.24) is 15.0 Å². The highest BCUT2D eigenvalue weighted by molar-refractivity contribution is 6.32. The van der Waals surface area contributed by atoms with E-state index in [0.717, 1.165) is 0 Å². The van der Waals surface area contributed by atoms with Gasteiger partial charge >= 0.3 is 0 Å². The number of nitrogens with zero attached hydrogens (tertiary/aromatic N) is 2. The zero-order valence-electron chi connectivity index (χ0n) is 17.9. The van der Waals surface area contributed by atoms with E-state index in [1.807, 2.05) is 0 Å². The van der Waals surface area contributed by atoms with Crippen LogP contribution >= 0.6 is 23.2 Å². The summed E-state index contributed by atoms with van der Waals surface area (Å²) in [7, 11) is 0. The summed E-state index contributed by atoms with van der Waals surface area (Å²) >= 11 is 12.3. The van der Waals surface area contributed by atoms with E-state index < -0.39 is 28.6 Å². The fraction of sp³-hybridized carbons (Fsp3) is 0.261. The van der Waals surface area contributed by atoms with Crippen LogP contribution in [0.25, 0.3) is 11.5 Å². The molecule has 1 N–H and O–H groups in total. The monoisotopic (exact) mass is 497 g/mol. The Hall–Kier alpha value is -2.84. The molecule has 3 rings (SSSR count). The first-order chi connectivity index (χ1) is 15.5. The molecule has 0 saturated heterocycles. The Bertz CT molecular complexity index is 1260. The fourth-order valence-electron chi connectivity index (χ4n) is 3.19. The van der Waals surface area contributed by atoms with Crippen LogP contribution in [0.4, 0.5) is 13.2 Å². The van der Waals surface area contributed by atoms with Crippen molar-refractivity contribution in [2.45, 2.75) is 38.8 Å². The number of rotatable bonds is 7. The summed E-state index contributed by atoms with van der Waals surface area (Å²) in [6.07, 6.45) is 4.33. The molecule has 0 aliphatic carbocycles. The summed E-state index contributed by atoms with van der Waals surface area (Å²) in [4.78, 5) is 23.0. The number of benzene rings is 1. The zero-order valence-corrected chi connectivity index (χ0v) is 19.4. The van der Waals surface area contributed by atoms with E-state index in [9.17, 15) is 13.6 Å². The molecular weight excluding hydrogens is 478 g/mol. The molecule has 2 heterocycles. The van der Waals surface area contributed by atoms with Gasteiger partial charge in [-0.05, 0) is 49.8 Å². The molecule has 0 radical (unpaired) electrons. The number of H-pyrrole nitrogens is 1. The molecule has 0 fully saturated rings. The molecule has 1 unspecified atom stereocenters. The van der Waals surface area contributed by atoms with Gasteiger partial charge in [-0.25, -0.2) is 9.37 Å². The van der Waals surface area contributed by atoms with Crippen LogP contribution < -0.4 is 10.3 Å². The maximum absolute atomic E-state index is 15.4. The predicted octanol–water partition coefficient (Wildman–Crippen LogP) is 7.19. The van der Waals surface area contributed by atoms with Gasteiger partial charge in [-0.15, -0.1) is 0 Å². The second-order valence-electron chi connectivity index (χ2n) is 7.27. The van der Waals surface area contributed by atoms with Crippen molar-refractivity contribution in [3.05, 3.63) is 80.3 Å². The summed E-state index contributed by atoms with van der Waals surface area (Å²) in [5.41, 5.74) is -3.71. The SMILES string of the molecule is CC=CC(F)(CC)c1cc(Oc2c(C(C)(F)F)nc(-c3ncccc3Cl)[nH]c2=O)ccc1Cl. The second kappa shape index (κ2) is 9.57. The van der Waals surface area contributed by atoms with E-state index in [2.05, 4.69) is 15.0 Å². The van der Waals surface area contributed by atoms with E-state index >= 15 is 4.39 Å². The minimum Gasteiger partial charge on any atom is -0.449 e. The lowest BCUT2D eigenvalue weighted by Crippen LogP contribution is -2.22. The predicted molar refractivity (Wildman–Crippen MR) is 122 cm³/mol. The van der Waals surface area contributed by atoms with Crippen molar-refractivity contribution in [3.63, 3.8) is 0 Å². The van der Waals surface area contributed by atoms with Crippen LogP contribution in [-0.4, -0.2) is 15.0 Å².